The summed E-state index contributed by atoms with van der Waals surface area (Å²) in [6.45, 7) is -0.155. The van der Waals surface area contributed by atoms with Gasteiger partial charge in [0.25, 0.3) is 5.91 Å². The standard InChI is InChI=1S/C25H19NO5/c27-14-13-26-22(16-7-6-10-18(15-16)30-17-8-2-1-3-9-17)21-23(28)19-11-4-5-12-20(19)31-24(21)25(26)29/h1-12,15,22,27H,13-14H2/t22-/m0/s1. The second-order valence-corrected chi connectivity index (χ2v) is 7.28. The summed E-state index contributed by atoms with van der Waals surface area (Å²) in [4.78, 5) is 27.9. The summed E-state index contributed by atoms with van der Waals surface area (Å²) >= 11 is 0. The van der Waals surface area contributed by atoms with Gasteiger partial charge in [0, 0.05) is 6.54 Å². The highest BCUT2D eigenvalue weighted by Crippen LogP contribution is 2.39. The van der Waals surface area contributed by atoms with Crippen LogP contribution in [0.2, 0.25) is 0 Å². The van der Waals surface area contributed by atoms with Crippen LogP contribution in [0.4, 0.5) is 0 Å². The number of aliphatic hydroxyl groups excluding tert-OH is 1. The second-order valence-electron chi connectivity index (χ2n) is 7.28. The summed E-state index contributed by atoms with van der Waals surface area (Å²) in [5.41, 5.74) is 1.11. The Morgan fingerprint density at radius 3 is 2.45 bits per heavy atom. The van der Waals surface area contributed by atoms with Crippen LogP contribution < -0.4 is 10.2 Å². The first-order valence-electron chi connectivity index (χ1n) is 9.98. The molecule has 0 saturated heterocycles. The van der Waals surface area contributed by atoms with Gasteiger partial charge in [0.15, 0.2) is 5.43 Å². The third-order valence-electron chi connectivity index (χ3n) is 5.37. The maximum Gasteiger partial charge on any atom is 0.290 e. The maximum absolute atomic E-state index is 13.3. The largest absolute Gasteiger partial charge is 0.457 e. The van der Waals surface area contributed by atoms with Gasteiger partial charge in [-0.2, -0.15) is 0 Å². The Bertz CT molecular complexity index is 1330. The number of benzene rings is 3. The van der Waals surface area contributed by atoms with Crippen LogP contribution in [0.3, 0.4) is 0 Å². The number of aliphatic hydroxyl groups is 1. The normalized spacial score (nSPS) is 15.3. The van der Waals surface area contributed by atoms with E-state index in [1.54, 1.807) is 30.3 Å². The van der Waals surface area contributed by atoms with E-state index in [4.69, 9.17) is 9.15 Å². The molecule has 31 heavy (non-hydrogen) atoms. The SMILES string of the molecule is O=C1c2oc3ccccc3c(=O)c2[C@H](c2cccc(Oc3ccccc3)c2)N1CCO. The highest BCUT2D eigenvalue weighted by atomic mass is 16.5. The molecule has 0 saturated carbocycles. The number of ether oxygens (including phenoxy) is 1. The van der Waals surface area contributed by atoms with Gasteiger partial charge < -0.3 is 19.2 Å². The summed E-state index contributed by atoms with van der Waals surface area (Å²) in [6, 6.07) is 22.8. The van der Waals surface area contributed by atoms with Gasteiger partial charge in [-0.15, -0.1) is 0 Å². The number of fused-ring (bicyclic) bond motifs is 2. The minimum absolute atomic E-state index is 0.0246. The van der Waals surface area contributed by atoms with Gasteiger partial charge in [-0.05, 0) is 42.0 Å². The van der Waals surface area contributed by atoms with Crippen molar-refractivity contribution < 1.29 is 19.1 Å². The molecular formula is C25H19NO5. The Morgan fingerprint density at radius 2 is 1.65 bits per heavy atom. The van der Waals surface area contributed by atoms with Gasteiger partial charge in [0.2, 0.25) is 5.76 Å². The van der Waals surface area contributed by atoms with Gasteiger partial charge in [-0.3, -0.25) is 9.59 Å². The third-order valence-corrected chi connectivity index (χ3v) is 5.37. The van der Waals surface area contributed by atoms with Crippen molar-refractivity contribution in [3.63, 3.8) is 0 Å². The molecule has 0 fully saturated rings. The van der Waals surface area contributed by atoms with Gasteiger partial charge in [-0.25, -0.2) is 0 Å². The summed E-state index contributed by atoms with van der Waals surface area (Å²) in [5.74, 6) is 0.877. The maximum atomic E-state index is 13.3. The van der Waals surface area contributed by atoms with Crippen molar-refractivity contribution in [1.82, 2.24) is 4.90 Å². The molecule has 6 nitrogen and oxygen atoms in total. The number of hydrogen-bond donors (Lipinski definition) is 1. The monoisotopic (exact) mass is 413 g/mol. The van der Waals surface area contributed by atoms with Crippen LogP contribution >= 0.6 is 0 Å². The molecule has 1 amide bonds. The molecule has 1 atom stereocenters. The van der Waals surface area contributed by atoms with E-state index in [0.717, 1.165) is 0 Å². The lowest BCUT2D eigenvalue weighted by atomic mass is 9.98. The quantitative estimate of drug-likeness (QED) is 0.532. The average molecular weight is 413 g/mol. The number of hydrogen-bond acceptors (Lipinski definition) is 5. The van der Waals surface area contributed by atoms with Crippen LogP contribution in [0, 0.1) is 0 Å². The zero-order valence-electron chi connectivity index (χ0n) is 16.5. The van der Waals surface area contributed by atoms with Gasteiger partial charge >= 0.3 is 0 Å². The number of carbonyl (C=O) groups excluding carboxylic acids is 1. The molecule has 1 aliphatic rings. The van der Waals surface area contributed by atoms with Crippen LogP contribution in [-0.2, 0) is 0 Å². The van der Waals surface area contributed by atoms with Crippen molar-refractivity contribution in [2.24, 2.45) is 0 Å². The van der Waals surface area contributed by atoms with Crippen molar-refractivity contribution in [2.45, 2.75) is 6.04 Å². The summed E-state index contributed by atoms with van der Waals surface area (Å²) < 4.78 is 11.8. The number of β-amino-alcohol motifs (C(OH)–C–C–N with tert-alkyl or cyclic N) is 1. The van der Waals surface area contributed by atoms with E-state index in [0.29, 0.717) is 28.0 Å². The van der Waals surface area contributed by atoms with Crippen LogP contribution in [0.5, 0.6) is 11.5 Å². The van der Waals surface area contributed by atoms with E-state index in [9.17, 15) is 14.7 Å². The first kappa shape index (κ1) is 19.1. The van der Waals surface area contributed by atoms with E-state index in [-0.39, 0.29) is 29.9 Å². The molecule has 5 rings (SSSR count). The molecule has 0 spiro atoms. The van der Waals surface area contributed by atoms with E-state index in [2.05, 4.69) is 0 Å². The molecule has 2 heterocycles. The molecular weight excluding hydrogens is 394 g/mol. The predicted octanol–water partition coefficient (Wildman–Crippen LogP) is 4.12. The summed E-state index contributed by atoms with van der Waals surface area (Å²) in [5, 5.41) is 9.99. The van der Waals surface area contributed by atoms with Gasteiger partial charge in [0.1, 0.15) is 17.1 Å². The lowest BCUT2D eigenvalue weighted by Crippen LogP contribution is -2.32. The number of para-hydroxylation sites is 2. The Hall–Kier alpha value is -3.90. The smallest absolute Gasteiger partial charge is 0.290 e. The lowest BCUT2D eigenvalue weighted by molar-refractivity contribution is 0.0691. The predicted molar refractivity (Wildman–Crippen MR) is 115 cm³/mol. The zero-order valence-corrected chi connectivity index (χ0v) is 16.5. The molecule has 154 valence electrons. The van der Waals surface area contributed by atoms with Gasteiger partial charge in [-0.1, -0.05) is 42.5 Å². The summed E-state index contributed by atoms with van der Waals surface area (Å²) in [6.07, 6.45) is 0. The first-order chi connectivity index (χ1) is 15.2. The van der Waals surface area contributed by atoms with Crippen molar-refractivity contribution in [3.05, 3.63) is 106 Å². The highest BCUT2D eigenvalue weighted by molar-refractivity contribution is 5.99. The fourth-order valence-corrected chi connectivity index (χ4v) is 4.02. The number of carbonyl (C=O) groups is 1. The number of amides is 1. The van der Waals surface area contributed by atoms with Crippen LogP contribution in [0.15, 0.2) is 88.1 Å². The molecule has 0 bridgehead atoms. The summed E-state index contributed by atoms with van der Waals surface area (Å²) in [7, 11) is 0. The number of nitrogens with zero attached hydrogens (tertiary/aromatic N) is 1. The molecule has 6 heteroatoms. The Labute approximate surface area is 177 Å². The lowest BCUT2D eigenvalue weighted by Gasteiger charge is -2.24. The van der Waals surface area contributed by atoms with Crippen molar-refractivity contribution in [1.29, 1.82) is 0 Å². The van der Waals surface area contributed by atoms with E-state index in [1.807, 2.05) is 48.5 Å². The molecule has 0 radical (unpaired) electrons. The Morgan fingerprint density at radius 1 is 0.903 bits per heavy atom. The van der Waals surface area contributed by atoms with Crippen molar-refractivity contribution in [2.75, 3.05) is 13.2 Å². The minimum atomic E-state index is -0.671. The molecule has 1 aliphatic heterocycles. The van der Waals surface area contributed by atoms with Crippen LogP contribution in [-0.4, -0.2) is 29.1 Å². The zero-order chi connectivity index (χ0) is 21.4. The molecule has 1 N–H and O–H groups in total. The molecule has 1 aromatic heterocycles. The van der Waals surface area contributed by atoms with E-state index >= 15 is 0 Å². The second kappa shape index (κ2) is 7.74. The molecule has 4 aromatic rings. The minimum Gasteiger partial charge on any atom is -0.457 e. The van der Waals surface area contributed by atoms with E-state index in [1.165, 1.54) is 4.90 Å². The third kappa shape index (κ3) is 3.27. The fourth-order valence-electron chi connectivity index (χ4n) is 4.02. The molecule has 0 unspecified atom stereocenters. The Balaban J connectivity index is 1.65. The highest BCUT2D eigenvalue weighted by Gasteiger charge is 2.42. The first-order valence-corrected chi connectivity index (χ1v) is 9.98. The molecule has 0 aliphatic carbocycles. The van der Waals surface area contributed by atoms with Crippen molar-refractivity contribution in [3.8, 4) is 11.5 Å². The number of rotatable bonds is 5. The van der Waals surface area contributed by atoms with Crippen LogP contribution in [0.1, 0.15) is 27.7 Å². The van der Waals surface area contributed by atoms with Gasteiger partial charge in [0.05, 0.1) is 23.6 Å². The van der Waals surface area contributed by atoms with E-state index < -0.39 is 11.9 Å². The van der Waals surface area contributed by atoms with Crippen molar-refractivity contribution >= 4 is 16.9 Å². The topological polar surface area (TPSA) is 80.0 Å². The molecule has 3 aromatic carbocycles. The Kier molecular flexibility index (Phi) is 4.76. The average Bonchev–Trinajstić information content (AvgIpc) is 3.07. The van der Waals surface area contributed by atoms with Crippen LogP contribution in [0.25, 0.3) is 11.0 Å². The fraction of sp³-hybridized carbons (Fsp3) is 0.120.